The van der Waals surface area contributed by atoms with Crippen molar-refractivity contribution in [3.05, 3.63) is 100 Å². The van der Waals surface area contributed by atoms with Gasteiger partial charge in [0.05, 0.1) is 48.0 Å². The van der Waals surface area contributed by atoms with Crippen molar-refractivity contribution in [1.82, 2.24) is 25.8 Å². The minimum atomic E-state index is -1.71. The van der Waals surface area contributed by atoms with E-state index in [0.717, 1.165) is 16.7 Å². The number of aliphatic hydroxyl groups is 3. The lowest BCUT2D eigenvalue weighted by Crippen LogP contribution is -2.61. The third kappa shape index (κ3) is 17.8. The number of hydrogen-bond acceptors (Lipinski definition) is 14. The Balaban J connectivity index is 1.29. The summed E-state index contributed by atoms with van der Waals surface area (Å²) < 4.78 is 32.1. The summed E-state index contributed by atoms with van der Waals surface area (Å²) in [6.07, 6.45) is -6.70. The second kappa shape index (κ2) is 29.4. The first kappa shape index (κ1) is 67.1. The van der Waals surface area contributed by atoms with Gasteiger partial charge in [-0.15, -0.1) is 0 Å². The Morgan fingerprint density at radius 2 is 1.54 bits per heavy atom. The number of anilines is 1. The van der Waals surface area contributed by atoms with Crippen molar-refractivity contribution < 1.29 is 63.0 Å². The van der Waals surface area contributed by atoms with Crippen LogP contribution in [0, 0.1) is 30.6 Å². The largest absolute Gasteiger partial charge is 0.387 e. The normalized spacial score (nSPS) is 33.0. The summed E-state index contributed by atoms with van der Waals surface area (Å²) in [7, 11) is 6.90. The molecule has 5 amide bonds. The first-order valence-corrected chi connectivity index (χ1v) is 29.6. The average molecular weight is 1180 g/mol. The Bertz CT molecular complexity index is 2660. The van der Waals surface area contributed by atoms with Crippen molar-refractivity contribution in [3.63, 3.8) is 0 Å². The van der Waals surface area contributed by atoms with Gasteiger partial charge in [0.15, 0.2) is 12.6 Å². The van der Waals surface area contributed by atoms with Crippen LogP contribution in [0.15, 0.2) is 72.8 Å². The number of hydrogen-bond donors (Lipinski definition) is 7. The number of halogens is 1. The van der Waals surface area contributed by atoms with Crippen molar-refractivity contribution in [2.45, 2.75) is 199 Å². The summed E-state index contributed by atoms with van der Waals surface area (Å²) in [5.74, 6) is -4.82. The maximum absolute atomic E-state index is 14.9. The molecule has 0 unspecified atom stereocenters. The van der Waals surface area contributed by atoms with E-state index in [9.17, 15) is 39.3 Å². The second-order valence-electron chi connectivity index (χ2n) is 24.8. The molecule has 0 aliphatic carbocycles. The van der Waals surface area contributed by atoms with Gasteiger partial charge in [-0.3, -0.25) is 24.0 Å². The van der Waals surface area contributed by atoms with E-state index in [1.54, 1.807) is 96.8 Å². The number of aryl methyl sites for hydroxylation is 1. The zero-order valence-corrected chi connectivity index (χ0v) is 51.8. The number of methoxy groups -OCH3 is 1. The molecule has 3 aliphatic heterocycles. The fourth-order valence-electron chi connectivity index (χ4n) is 12.1. The highest BCUT2D eigenvalue weighted by Crippen LogP contribution is 2.39. The number of amides is 5. The van der Waals surface area contributed by atoms with Crippen LogP contribution in [0.3, 0.4) is 0 Å². The predicted octanol–water partition coefficient (Wildman–Crippen LogP) is 5.73. The molecule has 20 heteroatoms. The number of rotatable bonds is 16. The van der Waals surface area contributed by atoms with Gasteiger partial charge in [0.2, 0.25) is 29.5 Å². The highest BCUT2D eigenvalue weighted by molar-refractivity contribution is 6.31. The van der Waals surface area contributed by atoms with E-state index < -0.39 is 108 Å². The lowest BCUT2D eigenvalue weighted by Gasteiger charge is -2.49. The SMILES string of the molecule is CO[C@]1(C)C[C@H](O[C@H]2[C@H](C)[C@@H](O[C@@H]3O[C@H](C)C[C@H](N(C)C)[C@H]3O)[C@](C)(O)C[C@@H](C)CN(C)C(=O)C[C@@H](Cc3ccc(NC(=O)[C@H](Cc4ccccc4Cl)NC(=O)Cc4ccccc4C)cc3)NC(=O)[C@H](C(C)C)NC(=O)[C@@H]2C)O[C@@H](C)[C@@H]1O. The fraction of sp³-hybridized carbons (Fsp3) is 0.635. The summed E-state index contributed by atoms with van der Waals surface area (Å²) in [5.41, 5.74) is 0.857. The van der Waals surface area contributed by atoms with Crippen molar-refractivity contribution in [2.24, 2.45) is 23.7 Å². The van der Waals surface area contributed by atoms with Crippen LogP contribution in [0.5, 0.6) is 0 Å². The molecule has 0 spiro atoms. The van der Waals surface area contributed by atoms with Crippen LogP contribution < -0.4 is 21.3 Å². The Hall–Kier alpha value is -5.06. The maximum atomic E-state index is 14.9. The van der Waals surface area contributed by atoms with Gasteiger partial charge in [-0.2, -0.15) is 0 Å². The number of carbonyl (C=O) groups excluding carboxylic acids is 5. The molecule has 460 valence electrons. The summed E-state index contributed by atoms with van der Waals surface area (Å²) in [4.78, 5) is 75.0. The molecular weight excluding hydrogens is 1080 g/mol. The summed E-state index contributed by atoms with van der Waals surface area (Å²) >= 11 is 6.53. The number of nitrogens with zero attached hydrogens (tertiary/aromatic N) is 2. The van der Waals surface area contributed by atoms with Crippen LogP contribution >= 0.6 is 11.6 Å². The summed E-state index contributed by atoms with van der Waals surface area (Å²) in [6.45, 7) is 18.1. The van der Waals surface area contributed by atoms with E-state index in [2.05, 4.69) is 21.3 Å². The predicted molar refractivity (Wildman–Crippen MR) is 317 cm³/mol. The zero-order chi connectivity index (χ0) is 61.2. The minimum absolute atomic E-state index is 0.0775. The van der Waals surface area contributed by atoms with Gasteiger partial charge in [-0.05, 0) is 120 Å². The molecule has 7 N–H and O–H groups in total. The van der Waals surface area contributed by atoms with Crippen LogP contribution in [0.25, 0.3) is 0 Å². The van der Waals surface area contributed by atoms with Gasteiger partial charge in [0.1, 0.15) is 24.3 Å². The highest BCUT2D eigenvalue weighted by Gasteiger charge is 2.51. The zero-order valence-electron chi connectivity index (χ0n) is 51.0. The van der Waals surface area contributed by atoms with Gasteiger partial charge in [-0.25, -0.2) is 0 Å². The Morgan fingerprint density at radius 1 is 0.892 bits per heavy atom. The van der Waals surface area contributed by atoms with E-state index in [-0.39, 0.29) is 74.9 Å². The van der Waals surface area contributed by atoms with Gasteiger partial charge >= 0.3 is 0 Å². The summed E-state index contributed by atoms with van der Waals surface area (Å²) in [5, 5.41) is 48.3. The molecule has 0 radical (unpaired) electrons. The van der Waals surface area contributed by atoms with Gasteiger partial charge < -0.3 is 70.1 Å². The van der Waals surface area contributed by atoms with Gasteiger partial charge in [0.25, 0.3) is 0 Å². The number of carbonyl (C=O) groups is 5. The molecule has 3 aliphatic rings. The van der Waals surface area contributed by atoms with Crippen LogP contribution in [-0.2, 0) is 66.9 Å². The molecule has 19 nitrogen and oxygen atoms in total. The monoisotopic (exact) mass is 1180 g/mol. The molecule has 6 rings (SSSR count). The second-order valence-corrected chi connectivity index (χ2v) is 25.2. The van der Waals surface area contributed by atoms with Crippen molar-refractivity contribution >= 4 is 46.8 Å². The molecule has 0 saturated carbocycles. The molecule has 17 atom stereocenters. The van der Waals surface area contributed by atoms with Crippen molar-refractivity contribution in [3.8, 4) is 0 Å². The average Bonchev–Trinajstić information content (AvgIpc) is 3.65. The first-order chi connectivity index (χ1) is 39.0. The molecule has 0 aromatic heterocycles. The number of benzene rings is 3. The van der Waals surface area contributed by atoms with Crippen LogP contribution in [0.4, 0.5) is 5.69 Å². The fourth-order valence-corrected chi connectivity index (χ4v) is 12.3. The van der Waals surface area contributed by atoms with E-state index in [4.69, 9.17) is 35.3 Å². The Labute approximate surface area is 496 Å². The molecule has 3 fully saturated rings. The standard InChI is InChI=1S/C63H93ClN6O13/c1-35(2)53-60(77)66-46(28-42-23-25-45(26-24-42)65-59(76)48(29-44-21-17-18-22-47(44)64)67-50(71)30-43-20-16-15-19-37(43)4)31-51(72)70(13)34-36(3)32-62(9,78)57(83-61-54(73)49(69(11)12)27-38(5)80-61)39(6)55(40(7)58(75)68-53)82-52-33-63(10,79-14)56(74)41(8)81-52/h15-26,35-36,38-41,46,48-49,52-57,61,73-74,78H,27-34H2,1-14H3,(H,65,76)(H,66,77)(H,67,71)(H,68,75)/t36-,38-,39+,40-,41+,46-,48+,49+,52+,53+,54-,55+,56+,57-,61+,62-,63-/m1/s1. The van der Waals surface area contributed by atoms with Gasteiger partial charge in [0, 0.05) is 68.7 Å². The maximum Gasteiger partial charge on any atom is 0.247 e. The Kier molecular flexibility index (Phi) is 23.7. The van der Waals surface area contributed by atoms with E-state index in [1.807, 2.05) is 76.2 Å². The number of nitrogens with one attached hydrogen (secondary N) is 4. The minimum Gasteiger partial charge on any atom is -0.387 e. The molecule has 3 aromatic carbocycles. The van der Waals surface area contributed by atoms with Gasteiger partial charge in [-0.1, -0.05) is 101 Å². The molecule has 3 saturated heterocycles. The lowest BCUT2D eigenvalue weighted by atomic mass is 9.77. The van der Waals surface area contributed by atoms with Crippen LogP contribution in [0.1, 0.15) is 110 Å². The first-order valence-electron chi connectivity index (χ1n) is 29.2. The third-order valence-corrected chi connectivity index (χ3v) is 17.4. The van der Waals surface area contributed by atoms with E-state index in [1.165, 1.54) is 7.11 Å². The topological polar surface area (TPSA) is 247 Å². The van der Waals surface area contributed by atoms with E-state index in [0.29, 0.717) is 22.7 Å². The molecule has 3 aromatic rings. The quantitative estimate of drug-likeness (QED) is 0.0906. The van der Waals surface area contributed by atoms with Crippen LogP contribution in [0.2, 0.25) is 5.02 Å². The molecule has 83 heavy (non-hydrogen) atoms. The lowest BCUT2D eigenvalue weighted by molar-refractivity contribution is -0.317. The molecule has 3 heterocycles. The van der Waals surface area contributed by atoms with Crippen LogP contribution in [-0.4, -0.2) is 174 Å². The number of likely N-dealkylation sites (N-methyl/N-ethyl adjacent to an activating group) is 1. The molecular formula is C63H93ClN6O13. The van der Waals surface area contributed by atoms with E-state index >= 15 is 0 Å². The number of ether oxygens (including phenoxy) is 5. The Morgan fingerprint density at radius 3 is 2.17 bits per heavy atom. The summed E-state index contributed by atoms with van der Waals surface area (Å²) in [6, 6.07) is 18.5. The highest BCUT2D eigenvalue weighted by atomic mass is 35.5. The van der Waals surface area contributed by atoms with Crippen molar-refractivity contribution in [1.29, 1.82) is 0 Å². The number of aliphatic hydroxyl groups excluding tert-OH is 2. The molecule has 0 bridgehead atoms. The third-order valence-electron chi connectivity index (χ3n) is 17.0. The smallest absolute Gasteiger partial charge is 0.247 e. The van der Waals surface area contributed by atoms with Crippen molar-refractivity contribution in [2.75, 3.05) is 40.1 Å².